The highest BCUT2D eigenvalue weighted by atomic mass is 31.2. The summed E-state index contributed by atoms with van der Waals surface area (Å²) in [5, 5.41) is 0. The lowest BCUT2D eigenvalue weighted by Crippen LogP contribution is -2.10. The first kappa shape index (κ1) is 11.8. The molecule has 0 saturated carbocycles. The van der Waals surface area contributed by atoms with E-state index < -0.39 is 13.7 Å². The lowest BCUT2D eigenvalue weighted by Gasteiger charge is -1.82. The lowest BCUT2D eigenvalue weighted by atomic mass is 10.5. The van der Waals surface area contributed by atoms with Crippen molar-refractivity contribution in [2.75, 3.05) is 0 Å². The number of aromatic nitrogens is 2. The number of nitrogens with two attached hydrogens (primary N) is 1. The molecule has 1 aromatic heterocycles. The van der Waals surface area contributed by atoms with Crippen LogP contribution in [0.25, 0.3) is 0 Å². The van der Waals surface area contributed by atoms with Crippen LogP contribution in [0.1, 0.15) is 10.5 Å². The Kier molecular flexibility index (Phi) is 4.29. The van der Waals surface area contributed by atoms with E-state index in [0.29, 0.717) is 5.69 Å². The molecule has 1 heterocycles. The van der Waals surface area contributed by atoms with Crippen LogP contribution in [-0.4, -0.2) is 30.6 Å². The first-order chi connectivity index (χ1) is 5.80. The third-order valence-electron chi connectivity index (χ3n) is 0.764. The van der Waals surface area contributed by atoms with Crippen molar-refractivity contribution in [3.05, 3.63) is 18.2 Å². The Balaban J connectivity index is 0.000000252. The van der Waals surface area contributed by atoms with E-state index in [0.717, 1.165) is 0 Å². The van der Waals surface area contributed by atoms with E-state index in [1.54, 1.807) is 0 Å². The second kappa shape index (κ2) is 4.73. The Hall–Kier alpha value is -1.21. The molecule has 74 valence electrons. The fourth-order valence-electron chi connectivity index (χ4n) is 0.391. The molecule has 6 N–H and O–H groups in total. The van der Waals surface area contributed by atoms with Crippen LogP contribution in [0.4, 0.5) is 0 Å². The van der Waals surface area contributed by atoms with Crippen LogP contribution < -0.4 is 5.73 Å². The van der Waals surface area contributed by atoms with E-state index in [4.69, 9.17) is 25.0 Å². The molecule has 0 aromatic carbocycles. The predicted molar refractivity (Wildman–Crippen MR) is 41.4 cm³/mol. The topological polar surface area (TPSA) is 150 Å². The molecular weight excluding hydrogens is 201 g/mol. The largest absolute Gasteiger partial charge is 0.466 e. The zero-order valence-electron chi connectivity index (χ0n) is 6.28. The van der Waals surface area contributed by atoms with Crippen molar-refractivity contribution in [3.63, 3.8) is 0 Å². The van der Waals surface area contributed by atoms with Gasteiger partial charge in [-0.15, -0.1) is 0 Å². The number of hydrogen-bond acceptors (Lipinski definition) is 3. The molecule has 0 fully saturated rings. The summed E-state index contributed by atoms with van der Waals surface area (Å²) < 4.78 is 8.88. The molecule has 0 aliphatic rings. The number of H-pyrrole nitrogens is 1. The Morgan fingerprint density at radius 2 is 2.00 bits per heavy atom. The highest BCUT2D eigenvalue weighted by Gasteiger charge is 2.00. The van der Waals surface area contributed by atoms with Gasteiger partial charge in [0.05, 0.1) is 12.5 Å². The Morgan fingerprint density at radius 3 is 2.15 bits per heavy atom. The standard InChI is InChI=1S/C4H5N3O.H3O4P/c5-4(8)3-1-6-2-7-3;1-5(2,3)4/h1-2H,(H2,5,8)(H,6,7);(H3,1,2,3,4). The molecule has 0 atom stereocenters. The number of imidazole rings is 1. The van der Waals surface area contributed by atoms with E-state index in [1.807, 2.05) is 0 Å². The number of nitrogens with zero attached hydrogens (tertiary/aromatic N) is 1. The van der Waals surface area contributed by atoms with Gasteiger partial charge in [-0.25, -0.2) is 9.55 Å². The molecule has 0 aliphatic carbocycles. The molecule has 0 unspecified atom stereocenters. The third-order valence-corrected chi connectivity index (χ3v) is 0.764. The highest BCUT2D eigenvalue weighted by molar-refractivity contribution is 7.45. The van der Waals surface area contributed by atoms with Crippen molar-refractivity contribution >= 4 is 13.7 Å². The molecule has 1 rings (SSSR count). The molecule has 0 radical (unpaired) electrons. The van der Waals surface area contributed by atoms with E-state index >= 15 is 0 Å². The fraction of sp³-hybridized carbons (Fsp3) is 0. The summed E-state index contributed by atoms with van der Waals surface area (Å²) in [7, 11) is -4.64. The number of carbonyl (C=O) groups is 1. The molecule has 0 bridgehead atoms. The van der Waals surface area contributed by atoms with E-state index in [9.17, 15) is 4.79 Å². The van der Waals surface area contributed by atoms with Crippen LogP contribution >= 0.6 is 7.82 Å². The minimum atomic E-state index is -4.64. The Bertz CT molecular complexity index is 295. The van der Waals surface area contributed by atoms with Gasteiger partial charge in [0, 0.05) is 0 Å². The van der Waals surface area contributed by atoms with Crippen molar-refractivity contribution < 1.29 is 24.0 Å². The van der Waals surface area contributed by atoms with Gasteiger partial charge >= 0.3 is 7.82 Å². The Morgan fingerprint density at radius 1 is 1.54 bits per heavy atom. The Labute approximate surface area is 72.7 Å². The zero-order chi connectivity index (χ0) is 10.5. The van der Waals surface area contributed by atoms with Crippen molar-refractivity contribution in [2.45, 2.75) is 0 Å². The van der Waals surface area contributed by atoms with Gasteiger partial charge in [-0.2, -0.15) is 0 Å². The van der Waals surface area contributed by atoms with Gasteiger partial charge in [-0.3, -0.25) is 4.79 Å². The lowest BCUT2D eigenvalue weighted by molar-refractivity contribution is 0.0996. The average molecular weight is 209 g/mol. The zero-order valence-corrected chi connectivity index (χ0v) is 7.18. The smallest absolute Gasteiger partial charge is 0.364 e. The van der Waals surface area contributed by atoms with Crippen LogP contribution in [0.15, 0.2) is 12.5 Å². The van der Waals surface area contributed by atoms with E-state index in [-0.39, 0.29) is 0 Å². The van der Waals surface area contributed by atoms with E-state index in [1.165, 1.54) is 12.5 Å². The average Bonchev–Trinajstić information content (AvgIpc) is 2.31. The summed E-state index contributed by atoms with van der Waals surface area (Å²) in [4.78, 5) is 37.9. The summed E-state index contributed by atoms with van der Waals surface area (Å²) >= 11 is 0. The summed E-state index contributed by atoms with van der Waals surface area (Å²) in [6.45, 7) is 0. The number of nitrogens with one attached hydrogen (secondary N) is 1. The van der Waals surface area contributed by atoms with Gasteiger partial charge in [0.2, 0.25) is 0 Å². The number of aromatic amines is 1. The van der Waals surface area contributed by atoms with Gasteiger partial charge in [-0.1, -0.05) is 0 Å². The maximum atomic E-state index is 10.2. The normalized spacial score (nSPS) is 10.1. The summed E-state index contributed by atoms with van der Waals surface area (Å²) in [5.74, 6) is -0.484. The molecule has 8 nitrogen and oxygen atoms in total. The van der Waals surface area contributed by atoms with Crippen LogP contribution in [0, 0.1) is 0 Å². The van der Waals surface area contributed by atoms with Crippen molar-refractivity contribution in [1.29, 1.82) is 0 Å². The second-order valence-corrected chi connectivity index (χ2v) is 2.87. The number of rotatable bonds is 1. The molecule has 0 spiro atoms. The van der Waals surface area contributed by atoms with Crippen LogP contribution in [0.2, 0.25) is 0 Å². The van der Waals surface area contributed by atoms with Gasteiger partial charge in [0.1, 0.15) is 5.69 Å². The molecule has 1 amide bonds. The molecule has 0 saturated heterocycles. The number of hydrogen-bond donors (Lipinski definition) is 5. The van der Waals surface area contributed by atoms with Crippen molar-refractivity contribution in [3.8, 4) is 0 Å². The van der Waals surface area contributed by atoms with Gasteiger partial charge in [0.15, 0.2) is 0 Å². The van der Waals surface area contributed by atoms with E-state index in [2.05, 4.69) is 9.97 Å². The van der Waals surface area contributed by atoms with Crippen molar-refractivity contribution in [1.82, 2.24) is 9.97 Å². The monoisotopic (exact) mass is 209 g/mol. The predicted octanol–water partition coefficient (Wildman–Crippen LogP) is -1.42. The molecule has 9 heteroatoms. The van der Waals surface area contributed by atoms with Crippen molar-refractivity contribution in [2.24, 2.45) is 5.73 Å². The SMILES string of the molecule is NC(=O)c1cnc[nH]1.O=P(O)(O)O. The third kappa shape index (κ3) is 8.70. The van der Waals surface area contributed by atoms with Gasteiger partial charge < -0.3 is 25.4 Å². The van der Waals surface area contributed by atoms with Crippen LogP contribution in [-0.2, 0) is 4.57 Å². The minimum Gasteiger partial charge on any atom is -0.364 e. The van der Waals surface area contributed by atoms with Gasteiger partial charge in [0.25, 0.3) is 5.91 Å². The maximum absolute atomic E-state index is 10.2. The molecular formula is C4H8N3O5P. The molecule has 1 aromatic rings. The first-order valence-corrected chi connectivity index (χ1v) is 4.43. The molecule has 13 heavy (non-hydrogen) atoms. The first-order valence-electron chi connectivity index (χ1n) is 2.87. The van der Waals surface area contributed by atoms with Gasteiger partial charge in [-0.05, 0) is 0 Å². The number of amides is 1. The second-order valence-electron chi connectivity index (χ2n) is 1.84. The fourth-order valence-corrected chi connectivity index (χ4v) is 0.391. The summed E-state index contributed by atoms with van der Waals surface area (Å²) in [6.07, 6.45) is 2.78. The minimum absolute atomic E-state index is 0.338. The quantitative estimate of drug-likeness (QED) is 0.358. The number of primary amides is 1. The van der Waals surface area contributed by atoms with Crippen LogP contribution in [0.3, 0.4) is 0 Å². The number of phosphoric acid groups is 1. The van der Waals surface area contributed by atoms with Crippen LogP contribution in [0.5, 0.6) is 0 Å². The summed E-state index contributed by atoms with van der Waals surface area (Å²) in [6, 6.07) is 0. The molecule has 0 aliphatic heterocycles. The number of carbonyl (C=O) groups excluding carboxylic acids is 1. The highest BCUT2D eigenvalue weighted by Crippen LogP contribution is 2.25. The maximum Gasteiger partial charge on any atom is 0.466 e. The summed E-state index contributed by atoms with van der Waals surface area (Å²) in [5.41, 5.74) is 5.19.